The normalized spacial score (nSPS) is 22.8. The molecule has 1 aromatic rings. The molecular weight excluding hydrogens is 212 g/mol. The lowest BCUT2D eigenvalue weighted by molar-refractivity contribution is 0.473. The maximum atomic E-state index is 9.91. The van der Waals surface area contributed by atoms with E-state index in [1.807, 2.05) is 30.5 Å². The molecule has 86 valence electrons. The molecule has 1 aromatic carbocycles. The standard InChI is InChI=1S/C14H14N2O/c15-8-5-10(11-3-1-2-4-13(11)17)12-9-16-14(12)6-7-14/h1-5,8-9,17H,6-7,15H2. The van der Waals surface area contributed by atoms with E-state index in [9.17, 15) is 5.11 Å². The summed E-state index contributed by atoms with van der Waals surface area (Å²) < 4.78 is 0. The second-order valence-corrected chi connectivity index (χ2v) is 4.49. The van der Waals surface area contributed by atoms with Crippen molar-refractivity contribution in [2.45, 2.75) is 18.4 Å². The van der Waals surface area contributed by atoms with Crippen LogP contribution in [-0.2, 0) is 0 Å². The molecule has 0 aromatic heterocycles. The number of aromatic hydroxyl groups is 1. The Balaban J connectivity index is 2.15. The van der Waals surface area contributed by atoms with E-state index in [0.717, 1.165) is 24.0 Å². The van der Waals surface area contributed by atoms with Gasteiger partial charge in [0.2, 0.25) is 0 Å². The van der Waals surface area contributed by atoms with Gasteiger partial charge in [-0.25, -0.2) is 0 Å². The number of hydrogen-bond donors (Lipinski definition) is 2. The Labute approximate surface area is 100.0 Å². The van der Waals surface area contributed by atoms with Crippen molar-refractivity contribution in [2.24, 2.45) is 10.7 Å². The monoisotopic (exact) mass is 226 g/mol. The molecule has 0 bridgehead atoms. The van der Waals surface area contributed by atoms with Crippen LogP contribution in [0.5, 0.6) is 5.75 Å². The summed E-state index contributed by atoms with van der Waals surface area (Å²) in [6.07, 6.45) is 7.45. The number of para-hydroxylation sites is 1. The van der Waals surface area contributed by atoms with Crippen molar-refractivity contribution in [1.82, 2.24) is 0 Å². The molecule has 1 saturated carbocycles. The topological polar surface area (TPSA) is 58.6 Å². The lowest BCUT2D eigenvalue weighted by Crippen LogP contribution is -2.22. The fourth-order valence-corrected chi connectivity index (χ4v) is 2.27. The van der Waals surface area contributed by atoms with Gasteiger partial charge in [0.25, 0.3) is 0 Å². The van der Waals surface area contributed by atoms with E-state index in [-0.39, 0.29) is 11.3 Å². The maximum Gasteiger partial charge on any atom is 0.123 e. The van der Waals surface area contributed by atoms with Crippen molar-refractivity contribution >= 4 is 11.8 Å². The summed E-state index contributed by atoms with van der Waals surface area (Å²) in [5, 5.41) is 9.91. The third-order valence-electron chi connectivity index (χ3n) is 3.41. The van der Waals surface area contributed by atoms with E-state index in [1.54, 1.807) is 6.07 Å². The van der Waals surface area contributed by atoms with Gasteiger partial charge < -0.3 is 10.8 Å². The van der Waals surface area contributed by atoms with Crippen LogP contribution in [0.25, 0.3) is 5.57 Å². The third kappa shape index (κ3) is 1.46. The molecule has 3 heteroatoms. The summed E-state index contributed by atoms with van der Waals surface area (Å²) in [6.45, 7) is 0. The summed E-state index contributed by atoms with van der Waals surface area (Å²) in [4.78, 5) is 4.41. The van der Waals surface area contributed by atoms with Gasteiger partial charge >= 0.3 is 0 Å². The summed E-state index contributed by atoms with van der Waals surface area (Å²) in [6, 6.07) is 7.32. The largest absolute Gasteiger partial charge is 0.507 e. The molecule has 0 saturated heterocycles. The van der Waals surface area contributed by atoms with Crippen LogP contribution in [0.3, 0.4) is 0 Å². The molecule has 3 N–H and O–H groups in total. The zero-order valence-electron chi connectivity index (χ0n) is 9.43. The highest BCUT2D eigenvalue weighted by molar-refractivity contribution is 6.03. The molecule has 1 fully saturated rings. The molecule has 1 heterocycles. The van der Waals surface area contributed by atoms with Crippen LogP contribution in [0.15, 0.2) is 47.1 Å². The van der Waals surface area contributed by atoms with Gasteiger partial charge in [-0.1, -0.05) is 18.2 Å². The molecule has 2 aliphatic rings. The number of benzene rings is 1. The van der Waals surface area contributed by atoms with Crippen LogP contribution in [0.1, 0.15) is 18.4 Å². The zero-order chi connectivity index (χ0) is 11.9. The summed E-state index contributed by atoms with van der Waals surface area (Å²) in [7, 11) is 0. The van der Waals surface area contributed by atoms with Crippen molar-refractivity contribution in [3.8, 4) is 5.75 Å². The van der Waals surface area contributed by atoms with E-state index in [1.165, 1.54) is 11.8 Å². The van der Waals surface area contributed by atoms with Crippen molar-refractivity contribution in [3.63, 3.8) is 0 Å². The van der Waals surface area contributed by atoms with Gasteiger partial charge in [-0.15, -0.1) is 0 Å². The van der Waals surface area contributed by atoms with Crippen molar-refractivity contribution in [1.29, 1.82) is 0 Å². The van der Waals surface area contributed by atoms with E-state index < -0.39 is 0 Å². The van der Waals surface area contributed by atoms with Crippen LogP contribution in [-0.4, -0.2) is 16.9 Å². The van der Waals surface area contributed by atoms with Gasteiger partial charge in [-0.3, -0.25) is 4.99 Å². The molecule has 0 radical (unpaired) electrons. The third-order valence-corrected chi connectivity index (χ3v) is 3.41. The summed E-state index contributed by atoms with van der Waals surface area (Å²) in [5.74, 6) is 0.282. The van der Waals surface area contributed by atoms with E-state index in [2.05, 4.69) is 4.99 Å². The lowest BCUT2D eigenvalue weighted by Gasteiger charge is -2.23. The minimum atomic E-state index is 0.0388. The minimum absolute atomic E-state index is 0.0388. The average Bonchev–Trinajstić information content (AvgIpc) is 3.10. The van der Waals surface area contributed by atoms with Gasteiger partial charge in [-0.2, -0.15) is 0 Å². The van der Waals surface area contributed by atoms with Crippen molar-refractivity contribution < 1.29 is 5.11 Å². The smallest absolute Gasteiger partial charge is 0.123 e. The number of phenols is 1. The molecule has 17 heavy (non-hydrogen) atoms. The van der Waals surface area contributed by atoms with E-state index in [4.69, 9.17) is 5.73 Å². The number of nitrogens with zero attached hydrogens (tertiary/aromatic N) is 1. The van der Waals surface area contributed by atoms with Gasteiger partial charge in [-0.05, 0) is 36.8 Å². The number of aliphatic imine (C=N–C) groups is 1. The molecule has 1 spiro atoms. The Hall–Kier alpha value is -2.03. The fourth-order valence-electron chi connectivity index (χ4n) is 2.27. The Morgan fingerprint density at radius 2 is 2.12 bits per heavy atom. The van der Waals surface area contributed by atoms with Gasteiger partial charge in [0.1, 0.15) is 5.75 Å². The predicted octanol–water partition coefficient (Wildman–Crippen LogP) is 2.24. The molecule has 1 aliphatic heterocycles. The first-order valence-corrected chi connectivity index (χ1v) is 5.73. The minimum Gasteiger partial charge on any atom is -0.507 e. The fraction of sp³-hybridized carbons (Fsp3) is 0.214. The first-order valence-electron chi connectivity index (χ1n) is 5.73. The average molecular weight is 226 g/mol. The van der Waals surface area contributed by atoms with Crippen LogP contribution in [0.2, 0.25) is 0 Å². The Bertz CT molecular complexity index is 551. The quantitative estimate of drug-likeness (QED) is 0.812. The first kappa shape index (κ1) is 10.1. The van der Waals surface area contributed by atoms with Gasteiger partial charge in [0, 0.05) is 17.4 Å². The summed E-state index contributed by atoms with van der Waals surface area (Å²) in [5.41, 5.74) is 8.54. The number of allylic oxidation sites excluding steroid dienone is 2. The van der Waals surface area contributed by atoms with E-state index in [0.29, 0.717) is 0 Å². The van der Waals surface area contributed by atoms with Gasteiger partial charge in [0.15, 0.2) is 0 Å². The highest BCUT2D eigenvalue weighted by Gasteiger charge is 2.51. The Morgan fingerprint density at radius 1 is 1.35 bits per heavy atom. The maximum absolute atomic E-state index is 9.91. The highest BCUT2D eigenvalue weighted by atomic mass is 16.3. The van der Waals surface area contributed by atoms with Crippen LogP contribution in [0.4, 0.5) is 0 Å². The van der Waals surface area contributed by atoms with Crippen LogP contribution < -0.4 is 5.73 Å². The number of hydrogen-bond acceptors (Lipinski definition) is 3. The molecule has 3 nitrogen and oxygen atoms in total. The number of nitrogens with two attached hydrogens (primary N) is 1. The molecule has 0 amide bonds. The molecular formula is C14H14N2O. The second kappa shape index (κ2) is 3.48. The van der Waals surface area contributed by atoms with Gasteiger partial charge in [0.05, 0.1) is 5.54 Å². The first-order chi connectivity index (χ1) is 8.27. The Kier molecular flexibility index (Phi) is 2.08. The lowest BCUT2D eigenvalue weighted by atomic mass is 9.90. The second-order valence-electron chi connectivity index (χ2n) is 4.49. The van der Waals surface area contributed by atoms with Crippen LogP contribution in [0, 0.1) is 0 Å². The van der Waals surface area contributed by atoms with Crippen LogP contribution >= 0.6 is 0 Å². The molecule has 3 rings (SSSR count). The zero-order valence-corrected chi connectivity index (χ0v) is 9.43. The molecule has 0 atom stereocenters. The molecule has 1 aliphatic carbocycles. The van der Waals surface area contributed by atoms with Crippen molar-refractivity contribution in [2.75, 3.05) is 0 Å². The van der Waals surface area contributed by atoms with Crippen molar-refractivity contribution in [3.05, 3.63) is 47.7 Å². The summed E-state index contributed by atoms with van der Waals surface area (Å²) >= 11 is 0. The molecule has 0 unspecified atom stereocenters. The number of rotatable bonds is 2. The SMILES string of the molecule is NC=CC(=C1C=NC12CC2)c1ccccc1O. The number of phenolic OH excluding ortho intramolecular Hbond substituents is 1. The Morgan fingerprint density at radius 3 is 2.65 bits per heavy atom. The predicted molar refractivity (Wildman–Crippen MR) is 68.8 cm³/mol. The van der Waals surface area contributed by atoms with E-state index >= 15 is 0 Å². The highest BCUT2D eigenvalue weighted by Crippen LogP contribution is 2.53.